The van der Waals surface area contributed by atoms with Gasteiger partial charge >= 0.3 is 0 Å². The summed E-state index contributed by atoms with van der Waals surface area (Å²) in [5.74, 6) is 0.803. The summed E-state index contributed by atoms with van der Waals surface area (Å²) >= 11 is 3.50. The van der Waals surface area contributed by atoms with E-state index in [0.29, 0.717) is 6.42 Å². The third kappa shape index (κ3) is 3.86. The zero-order chi connectivity index (χ0) is 15.3. The molecule has 2 nitrogen and oxygen atoms in total. The number of aliphatic hydroxyl groups is 1. The van der Waals surface area contributed by atoms with Crippen LogP contribution in [0.3, 0.4) is 0 Å². The second-order valence-electron chi connectivity index (χ2n) is 5.29. The summed E-state index contributed by atoms with van der Waals surface area (Å²) in [5.41, 5.74) is 1.23. The van der Waals surface area contributed by atoms with Crippen molar-refractivity contribution in [3.63, 3.8) is 0 Å². The molecule has 112 valence electrons. The number of benzene rings is 2. The monoisotopic (exact) mass is 348 g/mol. The van der Waals surface area contributed by atoms with Gasteiger partial charge in [0, 0.05) is 6.42 Å². The average molecular weight is 349 g/mol. The van der Waals surface area contributed by atoms with Gasteiger partial charge in [0.15, 0.2) is 0 Å². The van der Waals surface area contributed by atoms with Crippen LogP contribution in [0.2, 0.25) is 0 Å². The molecule has 0 aliphatic heterocycles. The highest BCUT2D eigenvalue weighted by Crippen LogP contribution is 2.33. The molecular weight excluding hydrogens is 328 g/mol. The summed E-state index contributed by atoms with van der Waals surface area (Å²) in [6.07, 6.45) is 2.26. The van der Waals surface area contributed by atoms with Gasteiger partial charge in [-0.1, -0.05) is 49.7 Å². The molecule has 0 aliphatic carbocycles. The Kier molecular flexibility index (Phi) is 5.43. The van der Waals surface area contributed by atoms with Gasteiger partial charge in [0.05, 0.1) is 17.2 Å². The quantitative estimate of drug-likeness (QED) is 0.820. The molecule has 1 atom stereocenters. The Morgan fingerprint density at radius 2 is 1.86 bits per heavy atom. The van der Waals surface area contributed by atoms with Crippen molar-refractivity contribution >= 4 is 15.9 Å². The molecule has 0 fully saturated rings. The van der Waals surface area contributed by atoms with E-state index in [1.54, 1.807) is 7.11 Å². The smallest absolute Gasteiger partial charge is 0.133 e. The van der Waals surface area contributed by atoms with Crippen molar-refractivity contribution in [3.05, 3.63) is 64.1 Å². The molecule has 2 aromatic carbocycles. The molecule has 3 heteroatoms. The molecule has 0 bridgehead atoms. The minimum absolute atomic E-state index is 0.591. The summed E-state index contributed by atoms with van der Waals surface area (Å²) < 4.78 is 6.16. The number of hydrogen-bond donors (Lipinski definition) is 1. The van der Waals surface area contributed by atoms with Gasteiger partial charge in [-0.05, 0) is 45.6 Å². The molecule has 2 aromatic rings. The third-order valence-corrected chi connectivity index (χ3v) is 4.31. The van der Waals surface area contributed by atoms with E-state index in [1.807, 2.05) is 48.5 Å². The predicted octanol–water partition coefficient (Wildman–Crippen LogP) is 4.69. The van der Waals surface area contributed by atoms with Crippen LogP contribution in [-0.2, 0) is 12.0 Å². The summed E-state index contributed by atoms with van der Waals surface area (Å²) in [5, 5.41) is 11.1. The van der Waals surface area contributed by atoms with Crippen molar-refractivity contribution < 1.29 is 9.84 Å². The lowest BCUT2D eigenvalue weighted by Crippen LogP contribution is -2.28. The normalized spacial score (nSPS) is 13.7. The molecule has 1 unspecified atom stereocenters. The van der Waals surface area contributed by atoms with E-state index in [-0.39, 0.29) is 0 Å². The molecule has 0 aliphatic rings. The minimum Gasteiger partial charge on any atom is -0.496 e. The lowest BCUT2D eigenvalue weighted by molar-refractivity contribution is 0.0269. The highest BCUT2D eigenvalue weighted by Gasteiger charge is 2.28. The fourth-order valence-electron chi connectivity index (χ4n) is 2.65. The van der Waals surface area contributed by atoms with Gasteiger partial charge < -0.3 is 9.84 Å². The van der Waals surface area contributed by atoms with Crippen molar-refractivity contribution in [2.45, 2.75) is 31.8 Å². The average Bonchev–Trinajstić information content (AvgIpc) is 2.48. The maximum atomic E-state index is 11.1. The van der Waals surface area contributed by atoms with Crippen molar-refractivity contribution in [1.29, 1.82) is 0 Å². The number of methoxy groups -OCH3 is 1. The van der Waals surface area contributed by atoms with Gasteiger partial charge in [0.1, 0.15) is 5.75 Å². The molecule has 0 amide bonds. The molecular formula is C18H21BrO2. The van der Waals surface area contributed by atoms with Crippen LogP contribution < -0.4 is 4.74 Å². The Morgan fingerprint density at radius 1 is 1.14 bits per heavy atom. The maximum Gasteiger partial charge on any atom is 0.133 e. The van der Waals surface area contributed by atoms with Crippen LogP contribution in [-0.4, -0.2) is 12.2 Å². The summed E-state index contributed by atoms with van der Waals surface area (Å²) in [6.45, 7) is 2.10. The maximum absolute atomic E-state index is 11.1. The summed E-state index contributed by atoms with van der Waals surface area (Å²) in [4.78, 5) is 0. The van der Waals surface area contributed by atoms with Crippen molar-refractivity contribution in [3.8, 4) is 5.75 Å². The molecule has 21 heavy (non-hydrogen) atoms. The Hall–Kier alpha value is -1.32. The van der Waals surface area contributed by atoms with Gasteiger partial charge in [-0.2, -0.15) is 0 Å². The first-order valence-electron chi connectivity index (χ1n) is 7.19. The topological polar surface area (TPSA) is 29.5 Å². The first-order valence-corrected chi connectivity index (χ1v) is 7.98. The molecule has 0 aromatic heterocycles. The van der Waals surface area contributed by atoms with Gasteiger partial charge in [-0.25, -0.2) is 0 Å². The fraction of sp³-hybridized carbons (Fsp3) is 0.333. The van der Waals surface area contributed by atoms with E-state index < -0.39 is 5.60 Å². The predicted molar refractivity (Wildman–Crippen MR) is 89.6 cm³/mol. The van der Waals surface area contributed by atoms with Crippen LogP contribution in [0.1, 0.15) is 30.9 Å². The minimum atomic E-state index is -0.829. The molecule has 0 saturated heterocycles. The molecule has 0 radical (unpaired) electrons. The Labute approximate surface area is 134 Å². The number of rotatable bonds is 6. The van der Waals surface area contributed by atoms with Crippen LogP contribution in [0.25, 0.3) is 0 Å². The number of hydrogen-bond acceptors (Lipinski definition) is 2. The van der Waals surface area contributed by atoms with E-state index in [0.717, 1.165) is 34.2 Å². The third-order valence-electron chi connectivity index (χ3n) is 3.69. The summed E-state index contributed by atoms with van der Waals surface area (Å²) in [7, 11) is 1.65. The standard InChI is InChI=1S/C18H21BrO2/c1-3-11-18(20,15-7-5-4-6-8-15)13-14-9-10-17(21-2)16(19)12-14/h4-10,12,20H,3,11,13H2,1-2H3. The van der Waals surface area contributed by atoms with Crippen LogP contribution in [0.5, 0.6) is 5.75 Å². The van der Waals surface area contributed by atoms with Gasteiger partial charge in [0.2, 0.25) is 0 Å². The SMILES string of the molecule is CCCC(O)(Cc1ccc(OC)c(Br)c1)c1ccccc1. The van der Waals surface area contributed by atoms with E-state index >= 15 is 0 Å². The van der Waals surface area contributed by atoms with Gasteiger partial charge in [-0.15, -0.1) is 0 Å². The highest BCUT2D eigenvalue weighted by atomic mass is 79.9. The van der Waals surface area contributed by atoms with E-state index in [2.05, 4.69) is 22.9 Å². The van der Waals surface area contributed by atoms with E-state index in [1.165, 1.54) is 0 Å². The van der Waals surface area contributed by atoms with Crippen molar-refractivity contribution in [1.82, 2.24) is 0 Å². The van der Waals surface area contributed by atoms with Gasteiger partial charge in [-0.3, -0.25) is 0 Å². The highest BCUT2D eigenvalue weighted by molar-refractivity contribution is 9.10. The van der Waals surface area contributed by atoms with E-state index in [9.17, 15) is 5.11 Å². The number of halogens is 1. The van der Waals surface area contributed by atoms with Crippen LogP contribution >= 0.6 is 15.9 Å². The van der Waals surface area contributed by atoms with Crippen LogP contribution in [0.15, 0.2) is 53.0 Å². The zero-order valence-electron chi connectivity index (χ0n) is 12.5. The second-order valence-corrected chi connectivity index (χ2v) is 6.15. The molecule has 2 rings (SSSR count). The van der Waals surface area contributed by atoms with Crippen LogP contribution in [0, 0.1) is 0 Å². The zero-order valence-corrected chi connectivity index (χ0v) is 14.1. The van der Waals surface area contributed by atoms with Crippen molar-refractivity contribution in [2.24, 2.45) is 0 Å². The molecule has 1 N–H and O–H groups in total. The first kappa shape index (κ1) is 16.1. The Balaban J connectivity index is 2.30. The summed E-state index contributed by atoms with van der Waals surface area (Å²) in [6, 6.07) is 15.9. The molecule has 0 spiro atoms. The lowest BCUT2D eigenvalue weighted by Gasteiger charge is -2.29. The fourth-order valence-corrected chi connectivity index (χ4v) is 3.24. The van der Waals surface area contributed by atoms with Gasteiger partial charge in [0.25, 0.3) is 0 Å². The van der Waals surface area contributed by atoms with Crippen LogP contribution in [0.4, 0.5) is 0 Å². The largest absolute Gasteiger partial charge is 0.496 e. The molecule has 0 saturated carbocycles. The van der Waals surface area contributed by atoms with Crippen molar-refractivity contribution in [2.75, 3.05) is 7.11 Å². The second kappa shape index (κ2) is 7.10. The first-order chi connectivity index (χ1) is 10.1. The Bertz CT molecular complexity index is 583. The Morgan fingerprint density at radius 3 is 2.43 bits per heavy atom. The number of ether oxygens (including phenoxy) is 1. The lowest BCUT2D eigenvalue weighted by atomic mass is 9.84. The van der Waals surface area contributed by atoms with E-state index in [4.69, 9.17) is 4.74 Å². The molecule has 0 heterocycles.